The molecule has 0 spiro atoms. The summed E-state index contributed by atoms with van der Waals surface area (Å²) in [6, 6.07) is 0.673. The van der Waals surface area contributed by atoms with Crippen LogP contribution in [0.5, 0.6) is 0 Å². The maximum absolute atomic E-state index is 3.50. The van der Waals surface area contributed by atoms with Gasteiger partial charge in [-0.3, -0.25) is 0 Å². The third-order valence-electron chi connectivity index (χ3n) is 4.80. The van der Waals surface area contributed by atoms with Crippen molar-refractivity contribution in [1.29, 1.82) is 0 Å². The lowest BCUT2D eigenvalue weighted by atomic mass is 9.76. The van der Waals surface area contributed by atoms with Gasteiger partial charge in [-0.1, -0.05) is 59.8 Å². The molecule has 0 aromatic carbocycles. The smallest absolute Gasteiger partial charge is 0.0113 e. The van der Waals surface area contributed by atoms with E-state index >= 15 is 0 Å². The zero-order valence-corrected chi connectivity index (χ0v) is 12.7. The zero-order valence-electron chi connectivity index (χ0n) is 12.7. The van der Waals surface area contributed by atoms with Gasteiger partial charge in [0, 0.05) is 6.04 Å². The van der Waals surface area contributed by atoms with Crippen LogP contribution in [0.3, 0.4) is 0 Å². The Morgan fingerprint density at radius 1 is 1.06 bits per heavy atom. The molecule has 0 aliphatic heterocycles. The van der Waals surface area contributed by atoms with E-state index in [4.69, 9.17) is 0 Å². The number of hydrogen-bond acceptors (Lipinski definition) is 1. The van der Waals surface area contributed by atoms with Crippen LogP contribution >= 0.6 is 0 Å². The van der Waals surface area contributed by atoms with Crippen molar-refractivity contribution in [2.45, 2.75) is 78.7 Å². The largest absolute Gasteiger partial charge is 0.316 e. The lowest BCUT2D eigenvalue weighted by Crippen LogP contribution is -2.38. The van der Waals surface area contributed by atoms with E-state index in [-0.39, 0.29) is 0 Å². The third kappa shape index (κ3) is 4.99. The Morgan fingerprint density at radius 2 is 1.59 bits per heavy atom. The zero-order chi connectivity index (χ0) is 12.9. The van der Waals surface area contributed by atoms with E-state index in [0.29, 0.717) is 11.5 Å². The fourth-order valence-corrected chi connectivity index (χ4v) is 3.34. The molecule has 17 heavy (non-hydrogen) atoms. The lowest BCUT2D eigenvalue weighted by Gasteiger charge is -2.33. The predicted octanol–water partition coefficient (Wildman–Crippen LogP) is 4.62. The molecular weight excluding hydrogens is 206 g/mol. The Balaban J connectivity index is 2.27. The highest BCUT2D eigenvalue weighted by molar-refractivity contribution is 4.81. The molecule has 1 unspecified atom stereocenters. The molecule has 102 valence electrons. The molecule has 1 rings (SSSR count). The van der Waals surface area contributed by atoms with Crippen molar-refractivity contribution in [3.05, 3.63) is 0 Å². The molecule has 1 atom stereocenters. The van der Waals surface area contributed by atoms with E-state index in [9.17, 15) is 0 Å². The van der Waals surface area contributed by atoms with Crippen LogP contribution in [-0.4, -0.2) is 13.1 Å². The van der Waals surface area contributed by atoms with Gasteiger partial charge in [-0.05, 0) is 37.1 Å². The highest BCUT2D eigenvalue weighted by Crippen LogP contribution is 2.34. The van der Waals surface area contributed by atoms with Gasteiger partial charge in [0.1, 0.15) is 0 Å². The fourth-order valence-electron chi connectivity index (χ4n) is 3.34. The second-order valence-electron chi connectivity index (χ2n) is 7.08. The maximum Gasteiger partial charge on any atom is 0.0113 e. The van der Waals surface area contributed by atoms with Crippen LogP contribution in [0.15, 0.2) is 0 Å². The number of hydrogen-bond donors (Lipinski definition) is 1. The Bertz CT molecular complexity index is 196. The molecule has 1 saturated carbocycles. The van der Waals surface area contributed by atoms with E-state index in [1.165, 1.54) is 44.9 Å². The molecule has 0 radical (unpaired) electrons. The Kier molecular flexibility index (Phi) is 5.99. The van der Waals surface area contributed by atoms with Gasteiger partial charge in [0.25, 0.3) is 0 Å². The molecule has 0 amide bonds. The summed E-state index contributed by atoms with van der Waals surface area (Å²) in [5.41, 5.74) is 0.398. The maximum atomic E-state index is 3.50. The SMILES string of the molecule is CCC1CCC(CCC(NC)C(C)(C)C)CC1. The minimum absolute atomic E-state index is 0.398. The van der Waals surface area contributed by atoms with Gasteiger partial charge < -0.3 is 5.32 Å². The molecule has 1 nitrogen and oxygen atoms in total. The molecule has 0 bridgehead atoms. The van der Waals surface area contributed by atoms with Crippen LogP contribution in [0.25, 0.3) is 0 Å². The summed E-state index contributed by atoms with van der Waals surface area (Å²) in [5.74, 6) is 2.05. The minimum atomic E-state index is 0.398. The summed E-state index contributed by atoms with van der Waals surface area (Å²) < 4.78 is 0. The van der Waals surface area contributed by atoms with Gasteiger partial charge in [-0.2, -0.15) is 0 Å². The van der Waals surface area contributed by atoms with E-state index in [1.807, 2.05) is 0 Å². The van der Waals surface area contributed by atoms with Crippen molar-refractivity contribution in [2.24, 2.45) is 17.3 Å². The summed E-state index contributed by atoms with van der Waals surface area (Å²) in [6.07, 6.45) is 10.1. The van der Waals surface area contributed by atoms with Gasteiger partial charge in [0.05, 0.1) is 0 Å². The third-order valence-corrected chi connectivity index (χ3v) is 4.80. The van der Waals surface area contributed by atoms with Crippen LogP contribution in [0.2, 0.25) is 0 Å². The van der Waals surface area contributed by atoms with Gasteiger partial charge in [-0.25, -0.2) is 0 Å². The van der Waals surface area contributed by atoms with Crippen molar-refractivity contribution >= 4 is 0 Å². The van der Waals surface area contributed by atoms with Gasteiger partial charge in [-0.15, -0.1) is 0 Å². The first-order chi connectivity index (χ1) is 7.97. The van der Waals surface area contributed by atoms with E-state index in [2.05, 4.69) is 40.1 Å². The summed E-state index contributed by atoms with van der Waals surface area (Å²) >= 11 is 0. The Hall–Kier alpha value is -0.0400. The first-order valence-electron chi connectivity index (χ1n) is 7.64. The average Bonchev–Trinajstić information content (AvgIpc) is 2.29. The topological polar surface area (TPSA) is 12.0 Å². The molecule has 1 fully saturated rings. The summed E-state index contributed by atoms with van der Waals surface area (Å²) in [6.45, 7) is 9.40. The Labute approximate surface area is 109 Å². The molecule has 0 heterocycles. The van der Waals surface area contributed by atoms with E-state index in [0.717, 1.165) is 11.8 Å². The minimum Gasteiger partial charge on any atom is -0.316 e. The molecule has 1 aliphatic rings. The molecule has 1 aliphatic carbocycles. The molecule has 1 heteroatoms. The first-order valence-corrected chi connectivity index (χ1v) is 7.64. The highest BCUT2D eigenvalue weighted by atomic mass is 14.9. The van der Waals surface area contributed by atoms with Crippen LogP contribution in [0.1, 0.15) is 72.6 Å². The van der Waals surface area contributed by atoms with Gasteiger partial charge in [0.2, 0.25) is 0 Å². The van der Waals surface area contributed by atoms with Crippen LogP contribution in [0.4, 0.5) is 0 Å². The second-order valence-corrected chi connectivity index (χ2v) is 7.08. The Morgan fingerprint density at radius 3 is 2.00 bits per heavy atom. The van der Waals surface area contributed by atoms with Crippen molar-refractivity contribution in [3.8, 4) is 0 Å². The highest BCUT2D eigenvalue weighted by Gasteiger charge is 2.25. The average molecular weight is 239 g/mol. The van der Waals surface area contributed by atoms with Crippen molar-refractivity contribution in [2.75, 3.05) is 7.05 Å². The van der Waals surface area contributed by atoms with Crippen molar-refractivity contribution in [3.63, 3.8) is 0 Å². The van der Waals surface area contributed by atoms with Gasteiger partial charge in [0.15, 0.2) is 0 Å². The second kappa shape index (κ2) is 6.78. The normalized spacial score (nSPS) is 28.1. The lowest BCUT2D eigenvalue weighted by molar-refractivity contribution is 0.215. The predicted molar refractivity (Wildman–Crippen MR) is 77.3 cm³/mol. The standard InChI is InChI=1S/C16H33N/c1-6-13-7-9-14(10-8-13)11-12-15(17-5)16(2,3)4/h13-15,17H,6-12H2,1-5H3. The molecule has 1 N–H and O–H groups in total. The molecule has 0 aromatic rings. The van der Waals surface area contributed by atoms with Crippen LogP contribution in [-0.2, 0) is 0 Å². The molecule has 0 saturated heterocycles. The van der Waals surface area contributed by atoms with Crippen molar-refractivity contribution in [1.82, 2.24) is 5.32 Å². The van der Waals surface area contributed by atoms with Crippen LogP contribution in [0, 0.1) is 17.3 Å². The monoisotopic (exact) mass is 239 g/mol. The number of nitrogens with one attached hydrogen (secondary N) is 1. The summed E-state index contributed by atoms with van der Waals surface area (Å²) in [7, 11) is 2.11. The van der Waals surface area contributed by atoms with Gasteiger partial charge >= 0.3 is 0 Å². The quantitative estimate of drug-likeness (QED) is 0.738. The summed E-state index contributed by atoms with van der Waals surface area (Å²) in [5, 5.41) is 3.50. The summed E-state index contributed by atoms with van der Waals surface area (Å²) in [4.78, 5) is 0. The van der Waals surface area contributed by atoms with Crippen LogP contribution < -0.4 is 5.32 Å². The van der Waals surface area contributed by atoms with E-state index in [1.54, 1.807) is 0 Å². The van der Waals surface area contributed by atoms with E-state index < -0.39 is 0 Å². The molecular formula is C16H33N. The van der Waals surface area contributed by atoms with Crippen molar-refractivity contribution < 1.29 is 0 Å². The molecule has 0 aromatic heterocycles. The number of rotatable bonds is 5. The first kappa shape index (κ1) is 15.0. The fraction of sp³-hybridized carbons (Fsp3) is 1.00.